The van der Waals surface area contributed by atoms with Gasteiger partial charge in [0.1, 0.15) is 23.3 Å². The van der Waals surface area contributed by atoms with Crippen molar-refractivity contribution in [1.82, 2.24) is 0 Å². The molecule has 0 fully saturated rings. The Morgan fingerprint density at radius 2 is 0.889 bits per heavy atom. The molecule has 1 nitrogen and oxygen atoms in total. The zero-order valence-electron chi connectivity index (χ0n) is 8.83. The highest BCUT2D eigenvalue weighted by Crippen LogP contribution is 2.21. The molecule has 0 unspecified atom stereocenters. The molecular weight excluding hydrogens is 267 g/mol. The first-order valence-electron chi connectivity index (χ1n) is 4.85. The second-order valence-corrected chi connectivity index (χ2v) is 5.17. The third kappa shape index (κ3) is 2.74. The van der Waals surface area contributed by atoms with Crippen molar-refractivity contribution in [3.05, 3.63) is 59.7 Å². The van der Waals surface area contributed by atoms with E-state index in [2.05, 4.69) is 0 Å². The van der Waals surface area contributed by atoms with E-state index < -0.39 is 31.1 Å². The van der Waals surface area contributed by atoms with E-state index in [-0.39, 0.29) is 10.6 Å². The van der Waals surface area contributed by atoms with Crippen molar-refractivity contribution in [2.75, 3.05) is 0 Å². The summed E-state index contributed by atoms with van der Waals surface area (Å²) in [5.41, 5.74) is 0. The molecular formula is C12H6F4OP+. The van der Waals surface area contributed by atoms with Crippen LogP contribution in [0, 0.1) is 23.3 Å². The van der Waals surface area contributed by atoms with E-state index in [9.17, 15) is 22.1 Å². The SMILES string of the molecule is O=[P+](c1cc(F)cc(F)c1)c1cc(F)cc(F)c1. The van der Waals surface area contributed by atoms with Crippen LogP contribution < -0.4 is 10.6 Å². The van der Waals surface area contributed by atoms with Gasteiger partial charge in [-0.3, -0.25) is 0 Å². The van der Waals surface area contributed by atoms with E-state index in [1.165, 1.54) is 0 Å². The number of hydrogen-bond acceptors (Lipinski definition) is 1. The molecule has 0 aliphatic heterocycles. The number of benzene rings is 2. The normalized spacial score (nSPS) is 10.4. The minimum absolute atomic E-state index is 0.160. The molecule has 2 rings (SSSR count). The Morgan fingerprint density at radius 1 is 0.611 bits per heavy atom. The third-order valence-corrected chi connectivity index (χ3v) is 3.62. The average Bonchev–Trinajstić information content (AvgIpc) is 2.25. The Hall–Kier alpha value is -1.74. The molecule has 0 atom stereocenters. The molecule has 2 aromatic carbocycles. The molecule has 0 aromatic heterocycles. The lowest BCUT2D eigenvalue weighted by Gasteiger charge is -1.93. The van der Waals surface area contributed by atoms with E-state index in [4.69, 9.17) is 0 Å². The summed E-state index contributed by atoms with van der Waals surface area (Å²) >= 11 is 0. The summed E-state index contributed by atoms with van der Waals surface area (Å²) in [5.74, 6) is -3.59. The zero-order valence-corrected chi connectivity index (χ0v) is 9.73. The number of halogens is 4. The summed E-state index contributed by atoms with van der Waals surface area (Å²) < 4.78 is 63.7. The number of rotatable bonds is 2. The maximum Gasteiger partial charge on any atom is 0.415 e. The van der Waals surface area contributed by atoms with E-state index in [1.54, 1.807) is 0 Å². The molecule has 0 radical (unpaired) electrons. The predicted octanol–water partition coefficient (Wildman–Crippen LogP) is 3.02. The highest BCUT2D eigenvalue weighted by molar-refractivity contribution is 7.61. The topological polar surface area (TPSA) is 17.1 Å². The van der Waals surface area contributed by atoms with Gasteiger partial charge < -0.3 is 0 Å². The van der Waals surface area contributed by atoms with Crippen LogP contribution in [0.15, 0.2) is 36.4 Å². The summed E-state index contributed by atoms with van der Waals surface area (Å²) in [6.45, 7) is 0. The van der Waals surface area contributed by atoms with Gasteiger partial charge in [0.15, 0.2) is 0 Å². The van der Waals surface area contributed by atoms with Crippen molar-refractivity contribution in [3.63, 3.8) is 0 Å². The minimum atomic E-state index is -2.45. The lowest BCUT2D eigenvalue weighted by molar-refractivity contribution is 0.580. The van der Waals surface area contributed by atoms with Gasteiger partial charge in [0, 0.05) is 36.4 Å². The van der Waals surface area contributed by atoms with Crippen molar-refractivity contribution >= 4 is 18.4 Å². The summed E-state index contributed by atoms with van der Waals surface area (Å²) in [4.78, 5) is 0. The van der Waals surface area contributed by atoms with Crippen LogP contribution in [-0.4, -0.2) is 0 Å². The van der Waals surface area contributed by atoms with E-state index >= 15 is 0 Å². The fourth-order valence-corrected chi connectivity index (χ4v) is 2.72. The van der Waals surface area contributed by atoms with Crippen LogP contribution in [0.5, 0.6) is 0 Å². The first-order chi connectivity index (χ1) is 8.45. The Labute approximate surface area is 101 Å². The van der Waals surface area contributed by atoms with Gasteiger partial charge in [0.2, 0.25) is 10.6 Å². The average molecular weight is 273 g/mol. The van der Waals surface area contributed by atoms with Crippen molar-refractivity contribution in [2.24, 2.45) is 0 Å². The number of hydrogen-bond donors (Lipinski definition) is 0. The lowest BCUT2D eigenvalue weighted by Crippen LogP contribution is -2.09. The van der Waals surface area contributed by atoms with Crippen molar-refractivity contribution in [2.45, 2.75) is 0 Å². The Balaban J connectivity index is 2.47. The molecule has 0 aliphatic rings. The molecule has 92 valence electrons. The molecule has 2 aromatic rings. The highest BCUT2D eigenvalue weighted by Gasteiger charge is 2.26. The van der Waals surface area contributed by atoms with Gasteiger partial charge in [-0.2, -0.15) is 0 Å². The second kappa shape index (κ2) is 4.86. The monoisotopic (exact) mass is 273 g/mol. The molecule has 6 heteroatoms. The maximum absolute atomic E-state index is 12.9. The van der Waals surface area contributed by atoms with Crippen molar-refractivity contribution in [3.8, 4) is 0 Å². The van der Waals surface area contributed by atoms with E-state index in [0.717, 1.165) is 24.3 Å². The molecule has 0 amide bonds. The van der Waals surface area contributed by atoms with Crippen molar-refractivity contribution < 1.29 is 22.1 Å². The van der Waals surface area contributed by atoms with E-state index in [0.29, 0.717) is 12.1 Å². The highest BCUT2D eigenvalue weighted by atomic mass is 31.1. The summed E-state index contributed by atoms with van der Waals surface area (Å²) in [7, 11) is -2.45. The Kier molecular flexibility index (Phi) is 3.43. The summed E-state index contributed by atoms with van der Waals surface area (Å²) in [5, 5.41) is -0.319. The first-order valence-corrected chi connectivity index (χ1v) is 6.11. The van der Waals surface area contributed by atoms with Gasteiger partial charge in [-0.05, 0) is 0 Å². The molecule has 18 heavy (non-hydrogen) atoms. The molecule has 0 bridgehead atoms. The standard InChI is InChI=1S/C12H6F4OP/c13-7-1-8(14)4-11(3-7)18(17)12-5-9(15)2-10(16)6-12/h1-6H/q+1. The summed E-state index contributed by atoms with van der Waals surface area (Å²) in [6.07, 6.45) is 0. The van der Waals surface area contributed by atoms with E-state index in [1.807, 2.05) is 0 Å². The van der Waals surface area contributed by atoms with Gasteiger partial charge in [-0.1, -0.05) is 4.57 Å². The minimum Gasteiger partial charge on any atom is -0.207 e. The molecule has 0 N–H and O–H groups in total. The fraction of sp³-hybridized carbons (Fsp3) is 0. The lowest BCUT2D eigenvalue weighted by atomic mass is 10.3. The van der Waals surface area contributed by atoms with Gasteiger partial charge in [0.25, 0.3) is 0 Å². The smallest absolute Gasteiger partial charge is 0.207 e. The first kappa shape index (κ1) is 12.7. The van der Waals surface area contributed by atoms with Crippen LogP contribution in [0.25, 0.3) is 0 Å². The molecule has 0 saturated carbocycles. The quantitative estimate of drug-likeness (QED) is 0.607. The maximum atomic E-state index is 12.9. The van der Waals surface area contributed by atoms with Crippen LogP contribution in [0.3, 0.4) is 0 Å². The largest absolute Gasteiger partial charge is 0.415 e. The van der Waals surface area contributed by atoms with Gasteiger partial charge in [-0.25, -0.2) is 17.6 Å². The molecule has 0 saturated heterocycles. The molecule has 0 aliphatic carbocycles. The van der Waals surface area contributed by atoms with Crippen LogP contribution in [0.2, 0.25) is 0 Å². The zero-order chi connectivity index (χ0) is 13.3. The predicted molar refractivity (Wildman–Crippen MR) is 59.6 cm³/mol. The van der Waals surface area contributed by atoms with Crippen LogP contribution in [-0.2, 0) is 4.57 Å². The van der Waals surface area contributed by atoms with Crippen molar-refractivity contribution in [1.29, 1.82) is 0 Å². The Bertz CT molecular complexity index is 533. The Morgan fingerprint density at radius 3 is 1.17 bits per heavy atom. The van der Waals surface area contributed by atoms with Crippen LogP contribution in [0.1, 0.15) is 0 Å². The molecule has 0 heterocycles. The summed E-state index contributed by atoms with van der Waals surface area (Å²) in [6, 6.07) is 4.71. The van der Waals surface area contributed by atoms with Gasteiger partial charge in [-0.15, -0.1) is 0 Å². The molecule has 0 spiro atoms. The van der Waals surface area contributed by atoms with Crippen LogP contribution >= 0.6 is 7.80 Å². The fourth-order valence-electron chi connectivity index (χ4n) is 1.46. The second-order valence-electron chi connectivity index (χ2n) is 3.55. The van der Waals surface area contributed by atoms with Gasteiger partial charge in [0.05, 0.1) is 0 Å². The van der Waals surface area contributed by atoms with Crippen LogP contribution in [0.4, 0.5) is 17.6 Å². The van der Waals surface area contributed by atoms with Gasteiger partial charge >= 0.3 is 7.80 Å². The third-order valence-electron chi connectivity index (χ3n) is 2.16.